The van der Waals surface area contributed by atoms with E-state index in [9.17, 15) is 14.7 Å². The lowest BCUT2D eigenvalue weighted by atomic mass is 9.86. The molecule has 4 heterocycles. The number of hydrogen-bond donors (Lipinski definition) is 2. The van der Waals surface area contributed by atoms with Crippen molar-refractivity contribution in [1.29, 1.82) is 0 Å². The molecule has 9 nitrogen and oxygen atoms in total. The third-order valence-electron chi connectivity index (χ3n) is 7.23. The average Bonchev–Trinajstić information content (AvgIpc) is 3.23. The van der Waals surface area contributed by atoms with Crippen LogP contribution in [0, 0.1) is 19.7 Å². The van der Waals surface area contributed by atoms with Crippen LogP contribution in [0.3, 0.4) is 0 Å². The van der Waals surface area contributed by atoms with Gasteiger partial charge in [-0.25, -0.2) is 14.2 Å². The first-order valence-corrected chi connectivity index (χ1v) is 13.4. The Hall–Kier alpha value is -4.31. The molecule has 10 heteroatoms. The lowest BCUT2D eigenvalue weighted by Gasteiger charge is -2.29. The monoisotopic (exact) mass is 560 g/mol. The van der Waals surface area contributed by atoms with Crippen molar-refractivity contribution in [2.45, 2.75) is 59.2 Å². The number of fused-ring (bicyclic) bond motifs is 2. The Morgan fingerprint density at radius 2 is 2.00 bits per heavy atom. The van der Waals surface area contributed by atoms with Crippen molar-refractivity contribution >= 4 is 28.7 Å². The summed E-state index contributed by atoms with van der Waals surface area (Å²) < 4.78 is 29.0. The second-order valence-electron chi connectivity index (χ2n) is 11.2. The number of carboxylic acids is 1. The Morgan fingerprint density at radius 3 is 2.66 bits per heavy atom. The number of hydrogen-bond acceptors (Lipinski definition) is 6. The van der Waals surface area contributed by atoms with Crippen LogP contribution in [0.1, 0.15) is 66.0 Å². The van der Waals surface area contributed by atoms with Gasteiger partial charge in [0, 0.05) is 47.2 Å². The van der Waals surface area contributed by atoms with Crippen LogP contribution < -0.4 is 10.1 Å². The van der Waals surface area contributed by atoms with Gasteiger partial charge in [-0.3, -0.25) is 9.78 Å². The number of benzene rings is 1. The van der Waals surface area contributed by atoms with Gasteiger partial charge in [-0.1, -0.05) is 0 Å². The summed E-state index contributed by atoms with van der Waals surface area (Å²) in [4.78, 5) is 34.5. The summed E-state index contributed by atoms with van der Waals surface area (Å²) in [7, 11) is 1.76. The molecule has 0 aliphatic carbocycles. The molecule has 3 aromatic heterocycles. The standard InChI is InChI=1S/C31H33FN4O5/c1-16-19-10-8-12-40-26(19)22(32)13-20(16)25-21-14-23(35-29(37)18-9-7-11-33-15-18)36(6)28(21)34-17(2)24(25)27(30(38)39)41-31(3,4)5/h7,9,11,13-15,27H,8,10,12H2,1-6H3,(H,35,37)(H,38,39)/t27-/m0/s1. The number of nitrogens with one attached hydrogen (secondary N) is 1. The van der Waals surface area contributed by atoms with Crippen molar-refractivity contribution in [1.82, 2.24) is 14.5 Å². The van der Waals surface area contributed by atoms with E-state index in [2.05, 4.69) is 10.3 Å². The van der Waals surface area contributed by atoms with Gasteiger partial charge in [0.2, 0.25) is 0 Å². The van der Waals surface area contributed by atoms with Crippen molar-refractivity contribution in [2.75, 3.05) is 11.9 Å². The van der Waals surface area contributed by atoms with Crippen LogP contribution in [0.25, 0.3) is 22.2 Å². The van der Waals surface area contributed by atoms with Crippen LogP contribution in [0.5, 0.6) is 5.75 Å². The summed E-state index contributed by atoms with van der Waals surface area (Å²) in [6.45, 7) is 9.38. The summed E-state index contributed by atoms with van der Waals surface area (Å²) >= 11 is 0. The molecule has 1 atom stereocenters. The van der Waals surface area contributed by atoms with Crippen molar-refractivity contribution < 1.29 is 28.6 Å². The molecule has 214 valence electrons. The highest BCUT2D eigenvalue weighted by atomic mass is 19.1. The Bertz CT molecular complexity index is 1670. The number of aryl methyl sites for hydroxylation is 2. The first kappa shape index (κ1) is 28.2. The lowest BCUT2D eigenvalue weighted by molar-refractivity contribution is -0.160. The van der Waals surface area contributed by atoms with E-state index in [0.717, 1.165) is 17.5 Å². The first-order chi connectivity index (χ1) is 19.4. The quantitative estimate of drug-likeness (QED) is 0.301. The molecule has 0 unspecified atom stereocenters. The number of aliphatic carboxylic acids is 1. The van der Waals surface area contributed by atoms with E-state index in [4.69, 9.17) is 14.5 Å². The van der Waals surface area contributed by atoms with Crippen LogP contribution in [-0.2, 0) is 23.0 Å². The second kappa shape index (κ2) is 10.6. The van der Waals surface area contributed by atoms with Crippen LogP contribution >= 0.6 is 0 Å². The number of carbonyl (C=O) groups is 2. The molecule has 5 rings (SSSR count). The largest absolute Gasteiger partial charge is 0.490 e. The van der Waals surface area contributed by atoms with E-state index in [0.29, 0.717) is 57.8 Å². The van der Waals surface area contributed by atoms with Crippen LogP contribution in [-0.4, -0.2) is 43.7 Å². The van der Waals surface area contributed by atoms with Crippen molar-refractivity contribution in [2.24, 2.45) is 7.05 Å². The van der Waals surface area contributed by atoms with Gasteiger partial charge < -0.3 is 24.5 Å². The number of amides is 1. The van der Waals surface area contributed by atoms with E-state index >= 15 is 4.39 Å². The van der Waals surface area contributed by atoms with Gasteiger partial charge in [0.15, 0.2) is 17.7 Å². The first-order valence-electron chi connectivity index (χ1n) is 13.4. The molecule has 0 fully saturated rings. The topological polar surface area (TPSA) is 116 Å². The molecule has 0 saturated carbocycles. The third-order valence-corrected chi connectivity index (χ3v) is 7.23. The number of rotatable bonds is 6. The summed E-state index contributed by atoms with van der Waals surface area (Å²) in [6.07, 6.45) is 3.04. The zero-order valence-electron chi connectivity index (χ0n) is 24.0. The lowest BCUT2D eigenvalue weighted by Crippen LogP contribution is -2.28. The number of carboxylic acid groups (broad SMARTS) is 1. The summed E-state index contributed by atoms with van der Waals surface area (Å²) in [5.74, 6) is -1.40. The van der Waals surface area contributed by atoms with Gasteiger partial charge in [-0.05, 0) is 82.9 Å². The third kappa shape index (κ3) is 5.27. The Labute approximate surface area is 237 Å². The summed E-state index contributed by atoms with van der Waals surface area (Å²) in [5.41, 5.74) is 3.38. The van der Waals surface area contributed by atoms with E-state index in [1.54, 1.807) is 63.7 Å². The number of aromatic nitrogens is 3. The second-order valence-corrected chi connectivity index (χ2v) is 11.2. The molecule has 1 amide bonds. The fraction of sp³-hybridized carbons (Fsp3) is 0.355. The molecule has 2 N–H and O–H groups in total. The van der Waals surface area contributed by atoms with E-state index in [-0.39, 0.29) is 11.7 Å². The Balaban J connectivity index is 1.81. The Morgan fingerprint density at radius 1 is 1.24 bits per heavy atom. The van der Waals surface area contributed by atoms with E-state index in [1.165, 1.54) is 12.3 Å². The fourth-order valence-electron chi connectivity index (χ4n) is 5.38. The zero-order valence-corrected chi connectivity index (χ0v) is 24.0. The van der Waals surface area contributed by atoms with Gasteiger partial charge in [0.25, 0.3) is 5.91 Å². The predicted molar refractivity (Wildman–Crippen MR) is 153 cm³/mol. The van der Waals surface area contributed by atoms with Gasteiger partial charge in [-0.15, -0.1) is 0 Å². The minimum absolute atomic E-state index is 0.235. The summed E-state index contributed by atoms with van der Waals surface area (Å²) in [6, 6.07) is 6.45. The van der Waals surface area contributed by atoms with Gasteiger partial charge in [0.1, 0.15) is 11.5 Å². The number of halogens is 1. The molecule has 0 spiro atoms. The molecule has 1 aromatic carbocycles. The van der Waals surface area contributed by atoms with Crippen molar-refractivity contribution in [3.05, 3.63) is 70.4 Å². The fourth-order valence-corrected chi connectivity index (χ4v) is 5.38. The number of ether oxygens (including phenoxy) is 2. The van der Waals surface area contributed by atoms with Crippen molar-refractivity contribution in [3.63, 3.8) is 0 Å². The summed E-state index contributed by atoms with van der Waals surface area (Å²) in [5, 5.41) is 13.8. The molecule has 4 aromatic rings. The molecule has 0 bridgehead atoms. The van der Waals surface area contributed by atoms with E-state index in [1.807, 2.05) is 6.92 Å². The normalized spacial score (nSPS) is 13.9. The SMILES string of the molecule is Cc1nc2c(cc(NC(=O)c3cccnc3)n2C)c(-c2cc(F)c3c(c2C)CCCO3)c1[C@H](OC(C)(C)C)C(=O)O. The molecule has 1 aliphatic heterocycles. The van der Waals surface area contributed by atoms with Gasteiger partial charge in [0.05, 0.1) is 17.8 Å². The highest BCUT2D eigenvalue weighted by Crippen LogP contribution is 2.45. The molecule has 41 heavy (non-hydrogen) atoms. The van der Waals surface area contributed by atoms with Crippen LogP contribution in [0.2, 0.25) is 0 Å². The smallest absolute Gasteiger partial charge is 0.337 e. The maximum Gasteiger partial charge on any atom is 0.337 e. The number of nitrogens with zero attached hydrogens (tertiary/aromatic N) is 3. The number of pyridine rings is 2. The molecule has 1 aliphatic rings. The highest BCUT2D eigenvalue weighted by molar-refractivity contribution is 6.07. The van der Waals surface area contributed by atoms with Gasteiger partial charge >= 0.3 is 5.97 Å². The number of anilines is 1. The van der Waals surface area contributed by atoms with Gasteiger partial charge in [-0.2, -0.15) is 0 Å². The predicted octanol–water partition coefficient (Wildman–Crippen LogP) is 5.91. The highest BCUT2D eigenvalue weighted by Gasteiger charge is 2.34. The van der Waals surface area contributed by atoms with E-state index < -0.39 is 23.5 Å². The van der Waals surface area contributed by atoms with Crippen molar-refractivity contribution in [3.8, 4) is 16.9 Å². The zero-order chi connectivity index (χ0) is 29.6. The van der Waals surface area contributed by atoms with Crippen LogP contribution in [0.15, 0.2) is 36.7 Å². The Kier molecular flexibility index (Phi) is 7.29. The average molecular weight is 561 g/mol. The molecule has 0 saturated heterocycles. The minimum Gasteiger partial charge on any atom is -0.490 e. The van der Waals surface area contributed by atoms with Crippen LogP contribution in [0.4, 0.5) is 10.2 Å². The number of carbonyl (C=O) groups excluding carboxylic acids is 1. The molecular weight excluding hydrogens is 527 g/mol. The molecular formula is C31H33FN4O5. The minimum atomic E-state index is -1.38. The maximum absolute atomic E-state index is 15.5. The maximum atomic E-state index is 15.5. The molecule has 0 radical (unpaired) electrons.